The van der Waals surface area contributed by atoms with Crippen molar-refractivity contribution in [2.75, 3.05) is 7.11 Å². The van der Waals surface area contributed by atoms with E-state index < -0.39 is 17.7 Å². The molecule has 0 aliphatic carbocycles. The highest BCUT2D eigenvalue weighted by Gasteiger charge is 2.40. The topological polar surface area (TPSA) is 80.5 Å². The van der Waals surface area contributed by atoms with Gasteiger partial charge in [0.25, 0.3) is 5.91 Å². The summed E-state index contributed by atoms with van der Waals surface area (Å²) in [5, 5.41) is 11.7. The van der Waals surface area contributed by atoms with Crippen LogP contribution in [0.4, 0.5) is 8.78 Å². The number of fused-ring (bicyclic) bond motifs is 4. The highest BCUT2D eigenvalue weighted by molar-refractivity contribution is 6.31. The predicted octanol–water partition coefficient (Wildman–Crippen LogP) is 6.96. The fraction of sp³-hybridized carbons (Fsp3) is 0.0938. The van der Waals surface area contributed by atoms with Crippen LogP contribution in [0.25, 0.3) is 27.8 Å². The van der Waals surface area contributed by atoms with E-state index in [1.807, 2.05) is 24.3 Å². The van der Waals surface area contributed by atoms with Gasteiger partial charge in [-0.1, -0.05) is 29.8 Å². The number of carbonyl (C=O) groups is 1. The van der Waals surface area contributed by atoms with Crippen molar-refractivity contribution in [3.05, 3.63) is 124 Å². The van der Waals surface area contributed by atoms with Gasteiger partial charge in [0.15, 0.2) is 0 Å². The van der Waals surface area contributed by atoms with Crippen molar-refractivity contribution in [3.8, 4) is 17.4 Å². The first-order chi connectivity index (χ1) is 20.3. The Balaban J connectivity index is 1.44. The normalized spacial score (nSPS) is 14.6. The molecule has 0 bridgehead atoms. The van der Waals surface area contributed by atoms with E-state index in [0.29, 0.717) is 49.3 Å². The van der Waals surface area contributed by atoms with Crippen LogP contribution in [0.15, 0.2) is 85.2 Å². The first-order valence-corrected chi connectivity index (χ1v) is 13.4. The maximum absolute atomic E-state index is 14.6. The molecule has 7 nitrogen and oxygen atoms in total. The summed E-state index contributed by atoms with van der Waals surface area (Å²) in [5.41, 5.74) is 3.21. The van der Waals surface area contributed by atoms with Gasteiger partial charge in [0, 0.05) is 45.2 Å². The molecule has 1 aliphatic rings. The third-order valence-corrected chi connectivity index (χ3v) is 7.93. The second kappa shape index (κ2) is 9.81. The Morgan fingerprint density at radius 1 is 1.00 bits per heavy atom. The fourth-order valence-corrected chi connectivity index (χ4v) is 5.83. The molecule has 2 aromatic heterocycles. The number of amides is 1. The summed E-state index contributed by atoms with van der Waals surface area (Å²) in [6, 6.07) is 18.2. The number of ether oxygens (including phenoxy) is 1. The van der Waals surface area contributed by atoms with Crippen LogP contribution >= 0.6 is 11.6 Å². The van der Waals surface area contributed by atoms with Gasteiger partial charge in [0.2, 0.25) is 5.95 Å². The largest absolute Gasteiger partial charge is 0.506 e. The predicted molar refractivity (Wildman–Crippen MR) is 154 cm³/mol. The van der Waals surface area contributed by atoms with Gasteiger partial charge in [0.1, 0.15) is 23.1 Å². The number of benzene rings is 4. The maximum atomic E-state index is 14.6. The van der Waals surface area contributed by atoms with Gasteiger partial charge in [0.05, 0.1) is 30.4 Å². The fourth-order valence-electron chi connectivity index (χ4n) is 5.61. The molecule has 4 aromatic carbocycles. The molecule has 1 amide bonds. The van der Waals surface area contributed by atoms with E-state index in [1.54, 1.807) is 34.9 Å². The monoisotopic (exact) mass is 582 g/mol. The molecule has 6 aromatic rings. The molecule has 208 valence electrons. The number of aromatic nitrogens is 3. The standard InChI is InChI=1S/C32H21ClF2N4O3/c1-42-21-7-2-17(3-8-21)15-39-30(23-12-19(34)5-10-25(23)33)28-22(31(39)41)9-4-18-14-36-32(37-29(18)28)38-16-27(40)24-13-20(35)6-11-26(24)38/h2-14,16,30,40H,15H2,1H3. The zero-order valence-corrected chi connectivity index (χ0v) is 22.8. The minimum absolute atomic E-state index is 0.128. The van der Waals surface area contributed by atoms with Crippen LogP contribution in [-0.4, -0.2) is 37.6 Å². The van der Waals surface area contributed by atoms with E-state index in [0.717, 1.165) is 5.56 Å². The van der Waals surface area contributed by atoms with E-state index in [9.17, 15) is 18.7 Å². The Labute approximate surface area is 243 Å². The molecule has 3 heterocycles. The van der Waals surface area contributed by atoms with Crippen molar-refractivity contribution < 1.29 is 23.4 Å². The van der Waals surface area contributed by atoms with Crippen LogP contribution in [0.2, 0.25) is 5.02 Å². The molecule has 10 heteroatoms. The van der Waals surface area contributed by atoms with Crippen LogP contribution in [0.1, 0.15) is 33.1 Å². The number of halogens is 3. The molecule has 0 fully saturated rings. The number of hydrogen-bond donors (Lipinski definition) is 1. The summed E-state index contributed by atoms with van der Waals surface area (Å²) in [6.45, 7) is 0.218. The second-order valence-corrected chi connectivity index (χ2v) is 10.4. The second-order valence-electron chi connectivity index (χ2n) is 10.0. The van der Waals surface area contributed by atoms with Crippen LogP contribution in [0.3, 0.4) is 0 Å². The van der Waals surface area contributed by atoms with E-state index in [2.05, 4.69) is 4.98 Å². The molecule has 1 aliphatic heterocycles. The quantitative estimate of drug-likeness (QED) is 0.238. The summed E-state index contributed by atoms with van der Waals surface area (Å²) in [6.07, 6.45) is 3.03. The molecule has 42 heavy (non-hydrogen) atoms. The average molecular weight is 583 g/mol. The van der Waals surface area contributed by atoms with Crippen LogP contribution in [0, 0.1) is 11.6 Å². The lowest BCUT2D eigenvalue weighted by molar-refractivity contribution is 0.0736. The number of hydrogen-bond acceptors (Lipinski definition) is 5. The Bertz CT molecular complexity index is 2040. The summed E-state index contributed by atoms with van der Waals surface area (Å²) >= 11 is 6.64. The minimum atomic E-state index is -0.756. The van der Waals surface area contributed by atoms with Crippen LogP contribution in [-0.2, 0) is 6.54 Å². The van der Waals surface area contributed by atoms with Crippen LogP contribution < -0.4 is 4.74 Å². The first kappa shape index (κ1) is 25.9. The molecule has 1 N–H and O–H groups in total. The summed E-state index contributed by atoms with van der Waals surface area (Å²) < 4.78 is 35.3. The van der Waals surface area contributed by atoms with Crippen molar-refractivity contribution in [3.63, 3.8) is 0 Å². The molecular formula is C32H21ClF2N4O3. The lowest BCUT2D eigenvalue weighted by Crippen LogP contribution is -2.28. The Morgan fingerprint density at radius 3 is 2.55 bits per heavy atom. The summed E-state index contributed by atoms with van der Waals surface area (Å²) in [5.74, 6) is -0.474. The van der Waals surface area contributed by atoms with Crippen molar-refractivity contribution in [2.24, 2.45) is 0 Å². The molecule has 7 rings (SSSR count). The lowest BCUT2D eigenvalue weighted by Gasteiger charge is -2.27. The number of methoxy groups -OCH3 is 1. The van der Waals surface area contributed by atoms with Gasteiger partial charge in [-0.15, -0.1) is 0 Å². The number of rotatable bonds is 5. The molecule has 1 unspecified atom stereocenters. The first-order valence-electron chi connectivity index (χ1n) is 13.0. The number of carbonyl (C=O) groups excluding carboxylic acids is 1. The number of aromatic hydroxyl groups is 1. The summed E-state index contributed by atoms with van der Waals surface area (Å²) in [4.78, 5) is 24.9. The third-order valence-electron chi connectivity index (χ3n) is 7.58. The van der Waals surface area contributed by atoms with E-state index >= 15 is 0 Å². The SMILES string of the molecule is COc1ccc(CN2C(=O)c3ccc4cnc(-n5cc(O)c6cc(F)ccc65)nc4c3C2c2cc(F)ccc2Cl)cc1. The van der Waals surface area contributed by atoms with Crippen molar-refractivity contribution in [1.29, 1.82) is 0 Å². The zero-order valence-electron chi connectivity index (χ0n) is 22.1. The Kier molecular flexibility index (Phi) is 6.06. The molecule has 0 spiro atoms. The highest BCUT2D eigenvalue weighted by Crippen LogP contribution is 2.45. The Morgan fingerprint density at radius 2 is 1.76 bits per heavy atom. The Hall–Kier alpha value is -5.02. The van der Waals surface area contributed by atoms with Crippen molar-refractivity contribution in [2.45, 2.75) is 12.6 Å². The van der Waals surface area contributed by atoms with Gasteiger partial charge in [-0.3, -0.25) is 9.36 Å². The average Bonchev–Trinajstić information content (AvgIpc) is 3.47. The van der Waals surface area contributed by atoms with Crippen molar-refractivity contribution in [1.82, 2.24) is 19.4 Å². The van der Waals surface area contributed by atoms with Gasteiger partial charge in [-0.05, 0) is 60.2 Å². The molecular weight excluding hydrogens is 562 g/mol. The zero-order chi connectivity index (χ0) is 29.1. The van der Waals surface area contributed by atoms with E-state index in [-0.39, 0.29) is 24.1 Å². The molecule has 1 atom stereocenters. The lowest BCUT2D eigenvalue weighted by atomic mass is 9.95. The van der Waals surface area contributed by atoms with Gasteiger partial charge in [-0.25, -0.2) is 18.7 Å². The minimum Gasteiger partial charge on any atom is -0.506 e. The molecule has 0 saturated carbocycles. The maximum Gasteiger partial charge on any atom is 0.255 e. The number of nitrogens with zero attached hydrogens (tertiary/aromatic N) is 4. The van der Waals surface area contributed by atoms with Crippen molar-refractivity contribution >= 4 is 39.3 Å². The van der Waals surface area contributed by atoms with E-state index in [1.165, 1.54) is 42.6 Å². The van der Waals surface area contributed by atoms with Gasteiger partial charge < -0.3 is 14.7 Å². The molecule has 0 saturated heterocycles. The smallest absolute Gasteiger partial charge is 0.255 e. The van der Waals surface area contributed by atoms with Crippen LogP contribution in [0.5, 0.6) is 11.5 Å². The van der Waals surface area contributed by atoms with Gasteiger partial charge >= 0.3 is 0 Å². The third kappa shape index (κ3) is 4.12. The van der Waals surface area contributed by atoms with E-state index in [4.69, 9.17) is 21.3 Å². The van der Waals surface area contributed by atoms with Gasteiger partial charge in [-0.2, -0.15) is 0 Å². The highest BCUT2D eigenvalue weighted by atomic mass is 35.5. The summed E-state index contributed by atoms with van der Waals surface area (Å²) in [7, 11) is 1.58. The molecule has 0 radical (unpaired) electrons.